The van der Waals surface area contributed by atoms with Crippen molar-refractivity contribution in [1.82, 2.24) is 4.90 Å². The van der Waals surface area contributed by atoms with Gasteiger partial charge in [-0.1, -0.05) is 12.2 Å². The SMILES string of the molecule is C1=CC(CCN2CCOCC2)CCC1. The zero-order chi connectivity index (χ0) is 9.64. The van der Waals surface area contributed by atoms with Crippen LogP contribution in [0.15, 0.2) is 12.2 Å². The number of ether oxygens (including phenoxy) is 1. The van der Waals surface area contributed by atoms with Crippen LogP contribution in [0.3, 0.4) is 0 Å². The molecule has 1 aliphatic heterocycles. The summed E-state index contributed by atoms with van der Waals surface area (Å²) in [6.07, 6.45) is 10.2. The smallest absolute Gasteiger partial charge is 0.0594 e. The van der Waals surface area contributed by atoms with Crippen molar-refractivity contribution in [2.75, 3.05) is 32.8 Å². The fourth-order valence-corrected chi connectivity index (χ4v) is 2.30. The molecule has 0 bridgehead atoms. The van der Waals surface area contributed by atoms with E-state index in [1.165, 1.54) is 32.2 Å². The van der Waals surface area contributed by atoms with E-state index < -0.39 is 0 Å². The van der Waals surface area contributed by atoms with E-state index in [2.05, 4.69) is 17.1 Å². The molecule has 14 heavy (non-hydrogen) atoms. The molecule has 1 heterocycles. The quantitative estimate of drug-likeness (QED) is 0.639. The Morgan fingerprint density at radius 3 is 2.86 bits per heavy atom. The molecule has 0 N–H and O–H groups in total. The van der Waals surface area contributed by atoms with E-state index in [9.17, 15) is 0 Å². The predicted molar refractivity (Wildman–Crippen MR) is 58.4 cm³/mol. The third-order valence-corrected chi connectivity index (χ3v) is 3.27. The molecule has 1 saturated heterocycles. The van der Waals surface area contributed by atoms with Crippen molar-refractivity contribution >= 4 is 0 Å². The van der Waals surface area contributed by atoms with Crippen molar-refractivity contribution in [3.05, 3.63) is 12.2 Å². The first-order valence-corrected chi connectivity index (χ1v) is 5.92. The van der Waals surface area contributed by atoms with E-state index in [1.807, 2.05) is 0 Å². The number of morpholine rings is 1. The first-order chi connectivity index (χ1) is 6.95. The van der Waals surface area contributed by atoms with Crippen LogP contribution >= 0.6 is 0 Å². The highest BCUT2D eigenvalue weighted by Crippen LogP contribution is 2.20. The van der Waals surface area contributed by atoms with Gasteiger partial charge in [-0.15, -0.1) is 0 Å². The van der Waals surface area contributed by atoms with Gasteiger partial charge in [0, 0.05) is 13.1 Å². The predicted octanol–water partition coefficient (Wildman–Crippen LogP) is 2.06. The van der Waals surface area contributed by atoms with Crippen LogP contribution in [0.4, 0.5) is 0 Å². The van der Waals surface area contributed by atoms with Crippen LogP contribution in [-0.2, 0) is 4.74 Å². The molecule has 0 aromatic heterocycles. The Hall–Kier alpha value is -0.340. The molecule has 1 aliphatic carbocycles. The second-order valence-electron chi connectivity index (χ2n) is 4.36. The van der Waals surface area contributed by atoms with Gasteiger partial charge in [-0.2, -0.15) is 0 Å². The summed E-state index contributed by atoms with van der Waals surface area (Å²) >= 11 is 0. The third-order valence-electron chi connectivity index (χ3n) is 3.27. The summed E-state index contributed by atoms with van der Waals surface area (Å²) in [7, 11) is 0. The second kappa shape index (κ2) is 5.52. The fraction of sp³-hybridized carbons (Fsp3) is 0.833. The van der Waals surface area contributed by atoms with E-state index in [0.29, 0.717) is 0 Å². The zero-order valence-corrected chi connectivity index (χ0v) is 8.95. The highest BCUT2D eigenvalue weighted by atomic mass is 16.5. The zero-order valence-electron chi connectivity index (χ0n) is 8.95. The maximum Gasteiger partial charge on any atom is 0.0594 e. The molecule has 1 unspecified atom stereocenters. The Labute approximate surface area is 86.9 Å². The van der Waals surface area contributed by atoms with E-state index >= 15 is 0 Å². The Morgan fingerprint density at radius 2 is 2.14 bits per heavy atom. The summed E-state index contributed by atoms with van der Waals surface area (Å²) in [5.74, 6) is 0.853. The van der Waals surface area contributed by atoms with E-state index in [-0.39, 0.29) is 0 Å². The largest absolute Gasteiger partial charge is 0.379 e. The summed E-state index contributed by atoms with van der Waals surface area (Å²) in [6, 6.07) is 0. The maximum absolute atomic E-state index is 5.34. The molecule has 0 aromatic carbocycles. The van der Waals surface area contributed by atoms with Crippen molar-refractivity contribution in [2.24, 2.45) is 5.92 Å². The summed E-state index contributed by atoms with van der Waals surface area (Å²) in [5.41, 5.74) is 0. The third kappa shape index (κ3) is 3.10. The normalized spacial score (nSPS) is 29.3. The van der Waals surface area contributed by atoms with Gasteiger partial charge in [-0.3, -0.25) is 4.90 Å². The number of hydrogen-bond acceptors (Lipinski definition) is 2. The summed E-state index contributed by atoms with van der Waals surface area (Å²) < 4.78 is 5.34. The Balaban J connectivity index is 1.65. The second-order valence-corrected chi connectivity index (χ2v) is 4.36. The van der Waals surface area contributed by atoms with Crippen molar-refractivity contribution in [2.45, 2.75) is 25.7 Å². The van der Waals surface area contributed by atoms with Gasteiger partial charge in [0.05, 0.1) is 13.2 Å². The van der Waals surface area contributed by atoms with Gasteiger partial charge in [-0.05, 0) is 38.1 Å². The number of allylic oxidation sites excluding steroid dienone is 2. The van der Waals surface area contributed by atoms with Gasteiger partial charge in [0.15, 0.2) is 0 Å². The van der Waals surface area contributed by atoms with Gasteiger partial charge in [0.25, 0.3) is 0 Å². The fourth-order valence-electron chi connectivity index (χ4n) is 2.30. The van der Waals surface area contributed by atoms with Gasteiger partial charge < -0.3 is 4.74 Å². The average Bonchev–Trinajstić information content (AvgIpc) is 2.29. The molecule has 0 amide bonds. The summed E-state index contributed by atoms with van der Waals surface area (Å²) in [5, 5.41) is 0. The Bertz CT molecular complexity index is 185. The minimum atomic E-state index is 0.853. The minimum Gasteiger partial charge on any atom is -0.379 e. The summed E-state index contributed by atoms with van der Waals surface area (Å²) in [6.45, 7) is 5.40. The maximum atomic E-state index is 5.34. The molecule has 0 aromatic rings. The average molecular weight is 195 g/mol. The standard InChI is InChI=1S/C12H21NO/c1-2-4-12(5-3-1)6-7-13-8-10-14-11-9-13/h2,4,12H,1,3,5-11H2. The monoisotopic (exact) mass is 195 g/mol. The molecule has 2 rings (SSSR count). The number of rotatable bonds is 3. The number of hydrogen-bond donors (Lipinski definition) is 0. The topological polar surface area (TPSA) is 12.5 Å². The molecular formula is C12H21NO. The number of nitrogens with zero attached hydrogens (tertiary/aromatic N) is 1. The Morgan fingerprint density at radius 1 is 1.29 bits per heavy atom. The van der Waals surface area contributed by atoms with Crippen LogP contribution in [0.2, 0.25) is 0 Å². The lowest BCUT2D eigenvalue weighted by molar-refractivity contribution is 0.0359. The minimum absolute atomic E-state index is 0.853. The van der Waals surface area contributed by atoms with Crippen molar-refractivity contribution in [3.8, 4) is 0 Å². The molecule has 1 atom stereocenters. The van der Waals surface area contributed by atoms with E-state index in [1.54, 1.807) is 0 Å². The molecule has 1 fully saturated rings. The van der Waals surface area contributed by atoms with E-state index in [4.69, 9.17) is 4.74 Å². The molecule has 2 nitrogen and oxygen atoms in total. The van der Waals surface area contributed by atoms with Crippen molar-refractivity contribution in [3.63, 3.8) is 0 Å². The first kappa shape index (κ1) is 10.2. The van der Waals surface area contributed by atoms with Crippen molar-refractivity contribution in [1.29, 1.82) is 0 Å². The summed E-state index contributed by atoms with van der Waals surface area (Å²) in [4.78, 5) is 2.53. The highest BCUT2D eigenvalue weighted by molar-refractivity contribution is 4.93. The Kier molecular flexibility index (Phi) is 4.02. The lowest BCUT2D eigenvalue weighted by Gasteiger charge is -2.28. The van der Waals surface area contributed by atoms with Crippen molar-refractivity contribution < 1.29 is 4.74 Å². The first-order valence-electron chi connectivity index (χ1n) is 5.92. The van der Waals surface area contributed by atoms with Crippen LogP contribution in [0.25, 0.3) is 0 Å². The van der Waals surface area contributed by atoms with Gasteiger partial charge in [-0.25, -0.2) is 0 Å². The molecule has 0 spiro atoms. The van der Waals surface area contributed by atoms with E-state index in [0.717, 1.165) is 32.2 Å². The molecule has 0 radical (unpaired) electrons. The van der Waals surface area contributed by atoms with Gasteiger partial charge in [0.2, 0.25) is 0 Å². The lowest BCUT2D eigenvalue weighted by atomic mass is 9.93. The van der Waals surface area contributed by atoms with Crippen LogP contribution in [0.1, 0.15) is 25.7 Å². The molecule has 80 valence electrons. The molecule has 2 heteroatoms. The van der Waals surface area contributed by atoms with Crippen LogP contribution < -0.4 is 0 Å². The highest BCUT2D eigenvalue weighted by Gasteiger charge is 2.13. The molecular weight excluding hydrogens is 174 g/mol. The molecule has 2 aliphatic rings. The van der Waals surface area contributed by atoms with Crippen LogP contribution in [0, 0.1) is 5.92 Å². The van der Waals surface area contributed by atoms with Crippen LogP contribution in [0.5, 0.6) is 0 Å². The molecule has 0 saturated carbocycles. The van der Waals surface area contributed by atoms with Gasteiger partial charge in [0.1, 0.15) is 0 Å². The van der Waals surface area contributed by atoms with Crippen LogP contribution in [-0.4, -0.2) is 37.7 Å². The lowest BCUT2D eigenvalue weighted by Crippen LogP contribution is -2.37. The van der Waals surface area contributed by atoms with Gasteiger partial charge >= 0.3 is 0 Å².